The summed E-state index contributed by atoms with van der Waals surface area (Å²) >= 11 is 0. The molecule has 0 unspecified atom stereocenters. The van der Waals surface area contributed by atoms with Gasteiger partial charge in [-0.1, -0.05) is 18.2 Å². The zero-order valence-corrected chi connectivity index (χ0v) is 14.4. The van der Waals surface area contributed by atoms with Gasteiger partial charge in [0.2, 0.25) is 5.56 Å². The number of H-pyrrole nitrogens is 1. The van der Waals surface area contributed by atoms with E-state index in [4.69, 9.17) is 0 Å². The third kappa shape index (κ3) is 5.06. The lowest BCUT2D eigenvalue weighted by Gasteiger charge is -2.17. The molecular formula is C20H15F3N2O3. The van der Waals surface area contributed by atoms with Crippen LogP contribution in [-0.2, 0) is 0 Å². The number of aromatic amines is 1. The molecule has 3 aromatic rings. The van der Waals surface area contributed by atoms with Crippen LogP contribution < -0.4 is 10.3 Å². The molecule has 1 atom stereocenters. The molecule has 3 rings (SSSR count). The molecule has 0 saturated carbocycles. The second kappa shape index (κ2) is 8.08. The van der Waals surface area contributed by atoms with Gasteiger partial charge < -0.3 is 9.72 Å². The van der Waals surface area contributed by atoms with Crippen molar-refractivity contribution >= 4 is 5.78 Å². The Balaban J connectivity index is 1.88. The first-order chi connectivity index (χ1) is 13.3. The van der Waals surface area contributed by atoms with E-state index in [0.717, 1.165) is 0 Å². The summed E-state index contributed by atoms with van der Waals surface area (Å²) in [5, 5.41) is 0. The summed E-state index contributed by atoms with van der Waals surface area (Å²) in [7, 11) is 0. The fraction of sp³-hybridized carbons (Fsp3) is 0.150. The molecule has 5 nitrogen and oxygen atoms in total. The Hall–Kier alpha value is -3.42. The lowest BCUT2D eigenvalue weighted by Crippen LogP contribution is -2.17. The Labute approximate surface area is 157 Å². The first kappa shape index (κ1) is 19.3. The van der Waals surface area contributed by atoms with Crippen molar-refractivity contribution in [1.29, 1.82) is 0 Å². The Morgan fingerprint density at radius 1 is 1.07 bits per heavy atom. The van der Waals surface area contributed by atoms with Crippen LogP contribution in [0.4, 0.5) is 13.2 Å². The number of carbonyl (C=O) groups is 1. The van der Waals surface area contributed by atoms with Crippen molar-refractivity contribution < 1.29 is 22.7 Å². The molecule has 0 aliphatic carbocycles. The van der Waals surface area contributed by atoms with E-state index in [-0.39, 0.29) is 23.5 Å². The standard InChI is InChI=1S/C20H15F3N2O3/c21-20(22,23)28-15-7-4-13(5-8-15)16(17-3-1-2-10-24-17)11-18(26)14-6-9-19(27)25-12-14/h1-10,12,16H,11H2,(H,25,27)/t16-/m0/s1. The summed E-state index contributed by atoms with van der Waals surface area (Å²) in [5.74, 6) is -1.05. The molecule has 0 radical (unpaired) electrons. The minimum atomic E-state index is -4.78. The van der Waals surface area contributed by atoms with Gasteiger partial charge in [0.25, 0.3) is 0 Å². The van der Waals surface area contributed by atoms with Gasteiger partial charge in [0, 0.05) is 42.1 Å². The number of hydrogen-bond acceptors (Lipinski definition) is 4. The van der Waals surface area contributed by atoms with E-state index >= 15 is 0 Å². The van der Waals surface area contributed by atoms with Gasteiger partial charge in [0.1, 0.15) is 5.75 Å². The molecule has 144 valence electrons. The molecule has 2 heterocycles. The summed E-state index contributed by atoms with van der Waals surface area (Å²) in [6.45, 7) is 0. The van der Waals surface area contributed by atoms with Gasteiger partial charge in [-0.2, -0.15) is 0 Å². The largest absolute Gasteiger partial charge is 0.573 e. The van der Waals surface area contributed by atoms with E-state index in [1.807, 2.05) is 0 Å². The number of nitrogens with zero attached hydrogens (tertiary/aromatic N) is 1. The van der Waals surface area contributed by atoms with Crippen LogP contribution in [0.3, 0.4) is 0 Å². The molecule has 0 aliphatic heterocycles. The highest BCUT2D eigenvalue weighted by molar-refractivity contribution is 5.96. The third-order valence-electron chi connectivity index (χ3n) is 4.06. The second-order valence-corrected chi connectivity index (χ2v) is 5.99. The Morgan fingerprint density at radius 2 is 1.82 bits per heavy atom. The van der Waals surface area contributed by atoms with Gasteiger partial charge in [-0.05, 0) is 35.9 Å². The number of hydrogen-bond donors (Lipinski definition) is 1. The summed E-state index contributed by atoms with van der Waals surface area (Å²) in [5.41, 5.74) is 1.23. The fourth-order valence-corrected chi connectivity index (χ4v) is 2.76. The van der Waals surface area contributed by atoms with E-state index in [2.05, 4.69) is 14.7 Å². The molecule has 0 amide bonds. The molecule has 1 N–H and O–H groups in total. The smallest absolute Gasteiger partial charge is 0.406 e. The minimum absolute atomic E-state index is 0.0303. The molecule has 0 spiro atoms. The van der Waals surface area contributed by atoms with Gasteiger partial charge in [-0.15, -0.1) is 13.2 Å². The second-order valence-electron chi connectivity index (χ2n) is 5.99. The lowest BCUT2D eigenvalue weighted by molar-refractivity contribution is -0.274. The average Bonchev–Trinajstić information content (AvgIpc) is 2.67. The number of rotatable bonds is 6. The van der Waals surface area contributed by atoms with Crippen molar-refractivity contribution in [1.82, 2.24) is 9.97 Å². The maximum Gasteiger partial charge on any atom is 0.573 e. The first-order valence-electron chi connectivity index (χ1n) is 8.30. The number of aromatic nitrogens is 2. The van der Waals surface area contributed by atoms with E-state index < -0.39 is 12.3 Å². The van der Waals surface area contributed by atoms with Crippen LogP contribution in [0, 0.1) is 0 Å². The predicted molar refractivity (Wildman–Crippen MR) is 95.2 cm³/mol. The Bertz CT molecular complexity index is 979. The number of nitrogens with one attached hydrogen (secondary N) is 1. The van der Waals surface area contributed by atoms with Crippen LogP contribution in [0.2, 0.25) is 0 Å². The van der Waals surface area contributed by atoms with Crippen molar-refractivity contribution in [3.63, 3.8) is 0 Å². The van der Waals surface area contributed by atoms with Gasteiger partial charge >= 0.3 is 6.36 Å². The molecule has 0 bridgehead atoms. The van der Waals surface area contributed by atoms with E-state index in [1.165, 1.54) is 42.6 Å². The Morgan fingerprint density at radius 3 is 2.39 bits per heavy atom. The van der Waals surface area contributed by atoms with Crippen LogP contribution >= 0.6 is 0 Å². The van der Waals surface area contributed by atoms with E-state index in [1.54, 1.807) is 24.4 Å². The average molecular weight is 388 g/mol. The van der Waals surface area contributed by atoms with Crippen molar-refractivity contribution in [3.8, 4) is 5.75 Å². The van der Waals surface area contributed by atoms with Gasteiger partial charge in [-0.25, -0.2) is 0 Å². The number of pyridine rings is 2. The summed E-state index contributed by atoms with van der Waals surface area (Å²) in [4.78, 5) is 30.5. The maximum atomic E-state index is 12.6. The molecule has 0 fully saturated rings. The normalized spacial score (nSPS) is 12.4. The number of ketones is 1. The molecule has 0 aliphatic rings. The monoisotopic (exact) mass is 388 g/mol. The maximum absolute atomic E-state index is 12.6. The van der Waals surface area contributed by atoms with E-state index in [9.17, 15) is 22.8 Å². The Kier molecular flexibility index (Phi) is 5.58. The minimum Gasteiger partial charge on any atom is -0.406 e. The zero-order chi connectivity index (χ0) is 20.1. The number of benzene rings is 1. The van der Waals surface area contributed by atoms with Crippen molar-refractivity contribution in [2.24, 2.45) is 0 Å². The number of carbonyl (C=O) groups excluding carboxylic acids is 1. The summed E-state index contributed by atoms with van der Waals surface area (Å²) in [6.07, 6.45) is -1.83. The summed E-state index contributed by atoms with van der Waals surface area (Å²) in [6, 6.07) is 13.3. The highest BCUT2D eigenvalue weighted by atomic mass is 19.4. The van der Waals surface area contributed by atoms with Crippen LogP contribution in [-0.4, -0.2) is 22.1 Å². The van der Waals surface area contributed by atoms with Gasteiger partial charge in [-0.3, -0.25) is 14.6 Å². The fourth-order valence-electron chi connectivity index (χ4n) is 2.76. The SMILES string of the molecule is O=C(C[C@@H](c1ccc(OC(F)(F)F)cc1)c1ccccn1)c1ccc(=O)[nH]c1. The predicted octanol–water partition coefficient (Wildman–Crippen LogP) is 4.07. The quantitative estimate of drug-likeness (QED) is 0.646. The van der Waals surface area contributed by atoms with Crippen LogP contribution in [0.5, 0.6) is 5.75 Å². The number of alkyl halides is 3. The number of Topliss-reactive ketones (excluding diaryl/α,β-unsaturated/α-hetero) is 1. The third-order valence-corrected chi connectivity index (χ3v) is 4.06. The summed E-state index contributed by atoms with van der Waals surface area (Å²) < 4.78 is 40.9. The van der Waals surface area contributed by atoms with Crippen LogP contribution in [0.15, 0.2) is 71.8 Å². The van der Waals surface area contributed by atoms with Crippen LogP contribution in [0.25, 0.3) is 0 Å². The van der Waals surface area contributed by atoms with Crippen molar-refractivity contribution in [3.05, 3.63) is 94.2 Å². The highest BCUT2D eigenvalue weighted by Crippen LogP contribution is 2.30. The molecule has 1 aromatic carbocycles. The van der Waals surface area contributed by atoms with Crippen molar-refractivity contribution in [2.45, 2.75) is 18.7 Å². The molecule has 8 heteroatoms. The van der Waals surface area contributed by atoms with Crippen molar-refractivity contribution in [2.75, 3.05) is 0 Å². The highest BCUT2D eigenvalue weighted by Gasteiger charge is 2.31. The molecular weight excluding hydrogens is 373 g/mol. The number of halogens is 3. The van der Waals surface area contributed by atoms with Crippen LogP contribution in [0.1, 0.15) is 34.0 Å². The van der Waals surface area contributed by atoms with E-state index in [0.29, 0.717) is 16.8 Å². The topological polar surface area (TPSA) is 72.0 Å². The lowest BCUT2D eigenvalue weighted by atomic mass is 9.89. The molecule has 0 saturated heterocycles. The van der Waals surface area contributed by atoms with Gasteiger partial charge in [0.15, 0.2) is 5.78 Å². The zero-order valence-electron chi connectivity index (χ0n) is 14.4. The number of ether oxygens (including phenoxy) is 1. The first-order valence-corrected chi connectivity index (χ1v) is 8.30. The van der Waals surface area contributed by atoms with Gasteiger partial charge in [0.05, 0.1) is 0 Å². The molecule has 2 aromatic heterocycles. The molecule has 28 heavy (non-hydrogen) atoms.